The number of nitrogens with zero attached hydrogens (tertiary/aromatic N) is 2. The molecular weight excluding hydrogens is 412 g/mol. The average Bonchev–Trinajstić information content (AvgIpc) is 3.31. The highest BCUT2D eigenvalue weighted by Gasteiger charge is 2.21. The van der Waals surface area contributed by atoms with Crippen molar-refractivity contribution in [3.8, 4) is 5.75 Å². The molecule has 142 valence electrons. The Hall–Kier alpha value is -2.41. The molecule has 2 aromatic heterocycles. The molecule has 0 radical (unpaired) electrons. The predicted octanol–water partition coefficient (Wildman–Crippen LogP) is 5.80. The van der Waals surface area contributed by atoms with Gasteiger partial charge in [-0.3, -0.25) is 9.69 Å². The zero-order valence-corrected chi connectivity index (χ0v) is 17.5. The molecule has 0 unspecified atom stereocenters. The van der Waals surface area contributed by atoms with Crippen LogP contribution in [-0.4, -0.2) is 18.0 Å². The summed E-state index contributed by atoms with van der Waals surface area (Å²) in [7, 11) is 1.64. The van der Waals surface area contributed by atoms with Crippen LogP contribution in [0.5, 0.6) is 5.75 Å². The van der Waals surface area contributed by atoms with Crippen molar-refractivity contribution in [3.63, 3.8) is 0 Å². The van der Waals surface area contributed by atoms with E-state index < -0.39 is 0 Å². The molecule has 0 aliphatic carbocycles. The second-order valence-corrected chi connectivity index (χ2v) is 8.99. The Labute approximate surface area is 176 Å². The van der Waals surface area contributed by atoms with Crippen molar-refractivity contribution in [1.82, 2.24) is 4.98 Å². The Morgan fingerprint density at radius 2 is 1.93 bits per heavy atom. The van der Waals surface area contributed by atoms with Gasteiger partial charge in [-0.2, -0.15) is 0 Å². The van der Waals surface area contributed by atoms with Gasteiger partial charge in [0.25, 0.3) is 0 Å². The van der Waals surface area contributed by atoms with Crippen molar-refractivity contribution in [2.24, 2.45) is 0 Å². The fraction of sp³-hybridized carbons (Fsp3) is 0.143. The first-order valence-electron chi connectivity index (χ1n) is 8.65. The highest BCUT2D eigenvalue weighted by Crippen LogP contribution is 2.33. The van der Waals surface area contributed by atoms with Gasteiger partial charge in [-0.15, -0.1) is 11.3 Å². The maximum absolute atomic E-state index is 13.2. The minimum absolute atomic E-state index is 0.00612. The van der Waals surface area contributed by atoms with Gasteiger partial charge < -0.3 is 4.74 Å². The van der Waals surface area contributed by atoms with Crippen LogP contribution in [0.4, 0.5) is 5.13 Å². The number of fused-ring (bicyclic) bond motifs is 1. The van der Waals surface area contributed by atoms with Crippen molar-refractivity contribution >= 4 is 55.5 Å². The zero-order valence-electron chi connectivity index (χ0n) is 15.1. The fourth-order valence-electron chi connectivity index (χ4n) is 2.85. The number of methoxy groups -OCH3 is 1. The third-order valence-electron chi connectivity index (χ3n) is 4.25. The van der Waals surface area contributed by atoms with Crippen LogP contribution in [0, 0.1) is 0 Å². The molecule has 4 aromatic rings. The Balaban J connectivity index is 1.68. The van der Waals surface area contributed by atoms with Gasteiger partial charge in [-0.25, -0.2) is 4.98 Å². The lowest BCUT2D eigenvalue weighted by Gasteiger charge is -2.19. The van der Waals surface area contributed by atoms with E-state index in [1.165, 1.54) is 22.7 Å². The molecule has 0 bridgehead atoms. The normalized spacial score (nSPS) is 10.9. The zero-order chi connectivity index (χ0) is 19.5. The van der Waals surface area contributed by atoms with Crippen LogP contribution in [0.25, 0.3) is 10.2 Å². The number of carbonyl (C=O) groups excluding carboxylic acids is 1. The number of halogens is 1. The summed E-state index contributed by atoms with van der Waals surface area (Å²) < 4.78 is 6.97. The van der Waals surface area contributed by atoms with Crippen LogP contribution >= 0.6 is 34.3 Å². The van der Waals surface area contributed by atoms with Gasteiger partial charge in [0.1, 0.15) is 5.75 Å². The molecule has 0 aliphatic rings. The Morgan fingerprint density at radius 1 is 1.11 bits per heavy atom. The number of ether oxygens (including phenoxy) is 1. The number of anilines is 1. The Bertz CT molecular complexity index is 1110. The lowest BCUT2D eigenvalue weighted by molar-refractivity contribution is -0.118. The van der Waals surface area contributed by atoms with Gasteiger partial charge in [-0.1, -0.05) is 53.3 Å². The Kier molecular flexibility index (Phi) is 5.62. The maximum atomic E-state index is 13.2. The summed E-state index contributed by atoms with van der Waals surface area (Å²) in [6.45, 7) is 0.468. The van der Waals surface area contributed by atoms with Crippen molar-refractivity contribution in [3.05, 3.63) is 75.4 Å². The molecule has 1 amide bonds. The summed E-state index contributed by atoms with van der Waals surface area (Å²) in [6.07, 6.45) is 0.295. The molecule has 0 saturated carbocycles. The van der Waals surface area contributed by atoms with Crippen LogP contribution in [0.3, 0.4) is 0 Å². The van der Waals surface area contributed by atoms with Crippen LogP contribution in [0.15, 0.2) is 60.7 Å². The van der Waals surface area contributed by atoms with Crippen LogP contribution in [0.2, 0.25) is 4.34 Å². The van der Waals surface area contributed by atoms with Gasteiger partial charge in [0.05, 0.1) is 34.6 Å². The van der Waals surface area contributed by atoms with Gasteiger partial charge in [0.15, 0.2) is 5.13 Å². The monoisotopic (exact) mass is 428 g/mol. The first kappa shape index (κ1) is 18.9. The summed E-state index contributed by atoms with van der Waals surface area (Å²) in [6, 6.07) is 19.4. The summed E-state index contributed by atoms with van der Waals surface area (Å²) >= 11 is 8.94. The topological polar surface area (TPSA) is 42.4 Å². The molecule has 28 heavy (non-hydrogen) atoms. The number of thiazole rings is 1. The molecule has 7 heteroatoms. The number of aromatic nitrogens is 1. The van der Waals surface area contributed by atoms with E-state index in [1.807, 2.05) is 60.7 Å². The molecule has 0 saturated heterocycles. The van der Waals surface area contributed by atoms with Gasteiger partial charge in [0, 0.05) is 4.88 Å². The SMILES string of the molecule is COc1ccc2nc(N(Cc3ccccc3)C(=O)Cc3ccc(Cl)s3)sc2c1. The molecule has 0 N–H and O–H groups in total. The van der Waals surface area contributed by atoms with Crippen molar-refractivity contribution in [2.75, 3.05) is 12.0 Å². The maximum Gasteiger partial charge on any atom is 0.234 e. The summed E-state index contributed by atoms with van der Waals surface area (Å²) in [5.74, 6) is 0.769. The van der Waals surface area contributed by atoms with E-state index in [2.05, 4.69) is 0 Å². The number of thiophene rings is 1. The molecule has 4 rings (SSSR count). The number of rotatable bonds is 6. The average molecular weight is 429 g/mol. The van der Waals surface area contributed by atoms with E-state index in [9.17, 15) is 4.79 Å². The summed E-state index contributed by atoms with van der Waals surface area (Å²) in [5.41, 5.74) is 1.91. The molecule has 2 heterocycles. The third-order valence-corrected chi connectivity index (χ3v) is 6.53. The highest BCUT2D eigenvalue weighted by molar-refractivity contribution is 7.22. The summed E-state index contributed by atoms with van der Waals surface area (Å²) in [4.78, 5) is 20.5. The molecule has 0 atom stereocenters. The van der Waals surface area contributed by atoms with E-state index in [1.54, 1.807) is 12.0 Å². The van der Waals surface area contributed by atoms with Gasteiger partial charge in [-0.05, 0) is 35.9 Å². The first-order valence-corrected chi connectivity index (χ1v) is 10.7. The number of hydrogen-bond donors (Lipinski definition) is 0. The number of benzene rings is 2. The van der Waals surface area contributed by atoms with E-state index in [0.29, 0.717) is 22.4 Å². The quantitative estimate of drug-likeness (QED) is 0.390. The van der Waals surface area contributed by atoms with E-state index in [0.717, 1.165) is 26.4 Å². The van der Waals surface area contributed by atoms with Gasteiger partial charge >= 0.3 is 0 Å². The van der Waals surface area contributed by atoms with Crippen molar-refractivity contribution in [2.45, 2.75) is 13.0 Å². The first-order chi connectivity index (χ1) is 13.6. The number of amides is 1. The molecule has 0 spiro atoms. The van der Waals surface area contributed by atoms with E-state index >= 15 is 0 Å². The molecule has 2 aromatic carbocycles. The standard InChI is InChI=1S/C21H17ClN2O2S2/c1-26-15-7-9-17-18(11-15)28-21(23-17)24(13-14-5-3-2-4-6-14)20(25)12-16-8-10-19(22)27-16/h2-11H,12-13H2,1H3. The number of hydrogen-bond acceptors (Lipinski definition) is 5. The predicted molar refractivity (Wildman–Crippen MR) is 117 cm³/mol. The second kappa shape index (κ2) is 8.31. The number of carbonyl (C=O) groups is 1. The Morgan fingerprint density at radius 3 is 2.64 bits per heavy atom. The highest BCUT2D eigenvalue weighted by atomic mass is 35.5. The third kappa shape index (κ3) is 4.19. The summed E-state index contributed by atoms with van der Waals surface area (Å²) in [5, 5.41) is 0.680. The van der Waals surface area contributed by atoms with E-state index in [-0.39, 0.29) is 5.91 Å². The largest absolute Gasteiger partial charge is 0.497 e. The molecule has 4 nitrogen and oxygen atoms in total. The van der Waals surface area contributed by atoms with Crippen molar-refractivity contribution in [1.29, 1.82) is 0 Å². The van der Waals surface area contributed by atoms with Crippen LogP contribution < -0.4 is 9.64 Å². The van der Waals surface area contributed by atoms with Gasteiger partial charge in [0.2, 0.25) is 5.91 Å². The van der Waals surface area contributed by atoms with Crippen molar-refractivity contribution < 1.29 is 9.53 Å². The molecule has 0 aliphatic heterocycles. The second-order valence-electron chi connectivity index (χ2n) is 6.18. The lowest BCUT2D eigenvalue weighted by atomic mass is 10.2. The minimum atomic E-state index is -0.00612. The lowest BCUT2D eigenvalue weighted by Crippen LogP contribution is -2.31. The van der Waals surface area contributed by atoms with Crippen LogP contribution in [0.1, 0.15) is 10.4 Å². The molecule has 0 fully saturated rings. The molecular formula is C21H17ClN2O2S2. The fourth-order valence-corrected chi connectivity index (χ4v) is 4.94. The smallest absolute Gasteiger partial charge is 0.234 e. The van der Waals surface area contributed by atoms with Crippen LogP contribution in [-0.2, 0) is 17.8 Å². The van der Waals surface area contributed by atoms with E-state index in [4.69, 9.17) is 21.3 Å². The minimum Gasteiger partial charge on any atom is -0.497 e.